The largest absolute Gasteiger partial charge is 0.497 e. The van der Waals surface area contributed by atoms with Crippen LogP contribution >= 0.6 is 15.9 Å². The Balaban J connectivity index is 0.000000137. The van der Waals surface area contributed by atoms with Gasteiger partial charge in [0.15, 0.2) is 0 Å². The molecule has 3 amide bonds. The minimum Gasteiger partial charge on any atom is -0.497 e. The first-order valence-corrected chi connectivity index (χ1v) is 38.8. The molecule has 108 heavy (non-hydrogen) atoms. The zero-order valence-electron chi connectivity index (χ0n) is 65.0. The van der Waals surface area contributed by atoms with Gasteiger partial charge in [0.2, 0.25) is 17.7 Å². The number of hydrogen-bond acceptors (Lipinski definition) is 14. The number of halogens is 1. The van der Waals surface area contributed by atoms with Crippen molar-refractivity contribution in [3.05, 3.63) is 168 Å². The lowest BCUT2D eigenvalue weighted by Gasteiger charge is -2.27. The van der Waals surface area contributed by atoms with Gasteiger partial charge >= 0.3 is 0 Å². The molecule has 3 aliphatic heterocycles. The van der Waals surface area contributed by atoms with Gasteiger partial charge in [-0.1, -0.05) is 24.3 Å². The van der Waals surface area contributed by atoms with Crippen LogP contribution in [0, 0.1) is 17.8 Å². The van der Waals surface area contributed by atoms with Crippen LogP contribution in [0.2, 0.25) is 0 Å². The molecular formula is C84H102BrN15O8. The molecule has 9 aromatic heterocycles. The van der Waals surface area contributed by atoms with Crippen LogP contribution in [-0.4, -0.2) is 138 Å². The van der Waals surface area contributed by atoms with Crippen LogP contribution in [0.4, 0.5) is 0 Å². The summed E-state index contributed by atoms with van der Waals surface area (Å²) in [6.07, 6.45) is 29.6. The summed E-state index contributed by atoms with van der Waals surface area (Å²) < 4.78 is 42.9. The van der Waals surface area contributed by atoms with Gasteiger partial charge in [-0.25, -0.2) is 13.5 Å². The van der Waals surface area contributed by atoms with Crippen LogP contribution in [0.15, 0.2) is 146 Å². The molecule has 0 radical (unpaired) electrons. The molecule has 2 aromatic carbocycles. The van der Waals surface area contributed by atoms with Crippen LogP contribution < -0.4 is 29.0 Å². The van der Waals surface area contributed by atoms with E-state index in [9.17, 15) is 14.4 Å². The summed E-state index contributed by atoms with van der Waals surface area (Å²) >= 11 is 3.63. The molecule has 3 saturated heterocycles. The lowest BCUT2D eigenvalue weighted by atomic mass is 10.0. The van der Waals surface area contributed by atoms with E-state index >= 15 is 0 Å². The van der Waals surface area contributed by atoms with E-state index in [1.165, 1.54) is 36.8 Å². The number of likely N-dealkylation sites (tertiary alicyclic amines) is 2. The lowest BCUT2D eigenvalue weighted by molar-refractivity contribution is -0.130. The smallest absolute Gasteiger partial charge is 0.223 e. The van der Waals surface area contributed by atoms with Gasteiger partial charge in [-0.15, -0.1) is 0 Å². The first-order chi connectivity index (χ1) is 51.5. The first kappa shape index (κ1) is 74.9. The Hall–Kier alpha value is -9.97. The maximum absolute atomic E-state index is 13.1. The van der Waals surface area contributed by atoms with Gasteiger partial charge in [-0.05, 0) is 204 Å². The Bertz CT molecular complexity index is 5080. The second-order valence-electron chi connectivity index (χ2n) is 33.1. The molecule has 11 aromatic rings. The zero-order chi connectivity index (χ0) is 76.4. The van der Waals surface area contributed by atoms with Gasteiger partial charge in [-0.2, -0.15) is 30.6 Å². The Kier molecular flexibility index (Phi) is 20.7. The van der Waals surface area contributed by atoms with Gasteiger partial charge in [0, 0.05) is 138 Å². The summed E-state index contributed by atoms with van der Waals surface area (Å²) in [4.78, 5) is 41.8. The number of carbonyl (C=O) groups is 3. The zero-order valence-corrected chi connectivity index (χ0v) is 66.6. The number of fused-ring (bicyclic) bond motifs is 3. The second kappa shape index (κ2) is 29.9. The minimum absolute atomic E-state index is 0.0127. The van der Waals surface area contributed by atoms with Crippen molar-refractivity contribution in [3.63, 3.8) is 0 Å². The number of carbonyl (C=O) groups excluding carboxylic acids is 3. The van der Waals surface area contributed by atoms with Crippen molar-refractivity contribution < 1.29 is 38.1 Å². The van der Waals surface area contributed by atoms with Crippen LogP contribution in [0.25, 0.3) is 49.9 Å². The van der Waals surface area contributed by atoms with Gasteiger partial charge in [0.05, 0.1) is 84.6 Å². The number of rotatable bonds is 20. The fourth-order valence-corrected chi connectivity index (χ4v) is 15.2. The maximum Gasteiger partial charge on any atom is 0.223 e. The normalized spacial score (nSPS) is 19.1. The fraction of sp³-hybridized carbons (Fsp3) is 0.464. The average molecular weight is 1530 g/mol. The number of hydrogen-bond donors (Lipinski definition) is 1. The summed E-state index contributed by atoms with van der Waals surface area (Å²) in [7, 11) is 3.31. The van der Waals surface area contributed by atoms with Gasteiger partial charge in [0.25, 0.3) is 0 Å². The topological polar surface area (TPSA) is 221 Å². The molecule has 23 nitrogen and oxygen atoms in total. The van der Waals surface area contributed by atoms with Crippen molar-refractivity contribution in [2.75, 3.05) is 33.9 Å². The predicted molar refractivity (Wildman–Crippen MR) is 420 cm³/mol. The van der Waals surface area contributed by atoms with Gasteiger partial charge in [-0.3, -0.25) is 28.4 Å². The molecule has 1 N–H and O–H groups in total. The highest BCUT2D eigenvalue weighted by atomic mass is 79.9. The third-order valence-corrected chi connectivity index (χ3v) is 22.6. The number of pyridine rings is 3. The van der Waals surface area contributed by atoms with E-state index in [2.05, 4.69) is 174 Å². The summed E-state index contributed by atoms with van der Waals surface area (Å²) in [6, 6.07) is 22.1. The quantitative estimate of drug-likeness (QED) is 0.0750. The molecule has 24 heteroatoms. The molecule has 5 fully saturated rings. The SMILES string of the molecule is COc1ccc([C@@H](C)N2C[C@H]([C@@H](C)Oc3cc(-c4cnn(C(C)(C)C)c4)cn4ncc(Br)c34)CC2=O)cc1.COc1ccc([C@@H](C)N2C[C@H]([C@@H](C)Oc3cc(-c4cnn(C(C)(C)C)c4)cn4ncc(C5CC5)c34)CC2=O)cc1.C[C@@H](Oc1cc(-c2cnn(C(C)(C)C)c2)cn2ncc(C3CC3)c12)[C@H]1CNC(=O)C1. The number of methoxy groups -OCH3 is 2. The molecule has 2 saturated carbocycles. The Labute approximate surface area is 640 Å². The molecule has 568 valence electrons. The molecule has 0 spiro atoms. The highest BCUT2D eigenvalue weighted by Crippen LogP contribution is 2.47. The molecule has 16 rings (SSSR count). The Morgan fingerprint density at radius 1 is 0.435 bits per heavy atom. The second-order valence-corrected chi connectivity index (χ2v) is 33.9. The van der Waals surface area contributed by atoms with Crippen molar-refractivity contribution in [1.82, 2.24) is 73.3 Å². The molecule has 0 bridgehead atoms. The summed E-state index contributed by atoms with van der Waals surface area (Å²) in [5.74, 6) is 5.86. The third kappa shape index (κ3) is 16.0. The molecule has 5 aliphatic rings. The van der Waals surface area contributed by atoms with E-state index in [1.807, 2.05) is 142 Å². The highest BCUT2D eigenvalue weighted by Gasteiger charge is 2.40. The third-order valence-electron chi connectivity index (χ3n) is 22.0. The van der Waals surface area contributed by atoms with E-state index in [-0.39, 0.29) is 82.5 Å². The fourth-order valence-electron chi connectivity index (χ4n) is 14.8. The van der Waals surface area contributed by atoms with E-state index in [4.69, 9.17) is 28.8 Å². The number of ether oxygens (including phenoxy) is 5. The van der Waals surface area contributed by atoms with Crippen LogP contribution in [0.1, 0.15) is 188 Å². The average Bonchev–Trinajstić information content (AvgIpc) is 1.60. The Morgan fingerprint density at radius 3 is 1.12 bits per heavy atom. The first-order valence-electron chi connectivity index (χ1n) is 38.0. The number of nitrogens with zero attached hydrogens (tertiary/aromatic N) is 14. The van der Waals surface area contributed by atoms with Crippen molar-refractivity contribution in [1.29, 1.82) is 0 Å². The van der Waals surface area contributed by atoms with Crippen LogP contribution in [-0.2, 0) is 31.0 Å². The van der Waals surface area contributed by atoms with E-state index in [0.717, 1.165) is 94.3 Å². The molecule has 8 atom stereocenters. The number of benzene rings is 2. The predicted octanol–water partition coefficient (Wildman–Crippen LogP) is 16.1. The maximum atomic E-state index is 13.1. The minimum atomic E-state index is -0.176. The monoisotopic (exact) mass is 1530 g/mol. The van der Waals surface area contributed by atoms with Gasteiger partial charge in [0.1, 0.15) is 63.6 Å². The van der Waals surface area contributed by atoms with Crippen molar-refractivity contribution in [3.8, 4) is 62.1 Å². The number of amides is 3. The van der Waals surface area contributed by atoms with Crippen molar-refractivity contribution in [2.45, 2.75) is 201 Å². The molecule has 0 unspecified atom stereocenters. The number of nitrogens with one attached hydrogen (secondary N) is 1. The van der Waals surface area contributed by atoms with E-state index in [0.29, 0.717) is 50.7 Å². The van der Waals surface area contributed by atoms with E-state index in [1.54, 1.807) is 20.4 Å². The summed E-state index contributed by atoms with van der Waals surface area (Å²) in [5.41, 5.74) is 13.4. The van der Waals surface area contributed by atoms with Gasteiger partial charge < -0.3 is 38.8 Å². The summed E-state index contributed by atoms with van der Waals surface area (Å²) in [6.45, 7) is 31.5. The van der Waals surface area contributed by atoms with E-state index < -0.39 is 0 Å². The van der Waals surface area contributed by atoms with Crippen LogP contribution in [0.5, 0.6) is 28.7 Å². The number of aromatic nitrogens is 12. The molecular weight excluding hydrogens is 1430 g/mol. The lowest BCUT2D eigenvalue weighted by Crippen LogP contribution is -2.31. The summed E-state index contributed by atoms with van der Waals surface area (Å²) in [5, 5.41) is 30.5. The van der Waals surface area contributed by atoms with Crippen molar-refractivity contribution >= 4 is 50.2 Å². The van der Waals surface area contributed by atoms with Crippen LogP contribution in [0.3, 0.4) is 0 Å². The van der Waals surface area contributed by atoms with Crippen molar-refractivity contribution in [2.24, 2.45) is 17.8 Å². The standard InChI is InChI=1S/C32H39N5O3.C29H34BrN5O3.C23H29N5O2/c1-20(22-9-11-27(39-6)12-10-22)35-17-24(14-30(35)38)21(2)40-29-13-25(26-15-34-37(19-26)32(3,4)5)18-36-31(29)28(16-33-36)23-7-8-23;1-18(20-7-9-24(37-6)10-8-20)33-15-21(12-27(33)36)19(2)38-26-11-22(16-34-28(26)25(30)14-31-34)23-13-32-35(17-23)29(3,4)5;1-14(16-8-21(29)24-9-16)30-20-7-17(18-10-26-28(13-18)23(2,3)4)12-27-22(20)19(11-25-27)15-5-6-15/h9-13,15-16,18-21,23-24H,7-8,14,17H2,1-6H3;7-11,13-14,16-19,21H,12,15H2,1-6H3;7,10-16H,5-6,8-9H2,1-4H3,(H,24,29)/t20-,21-,24-;18-,19-,21-;14-,16-/m111/s1. The Morgan fingerprint density at radius 2 is 0.787 bits per heavy atom. The highest BCUT2D eigenvalue weighted by molar-refractivity contribution is 9.10. The molecule has 2 aliphatic carbocycles. The molecule has 12 heterocycles.